The molecule has 1 aliphatic heterocycles. The van der Waals surface area contributed by atoms with Crippen LogP contribution in [0, 0.1) is 0 Å². The first-order valence-corrected chi connectivity index (χ1v) is 6.24. The second kappa shape index (κ2) is 5.32. The van der Waals surface area contributed by atoms with Crippen molar-refractivity contribution in [3.8, 4) is 0 Å². The first-order valence-electron chi connectivity index (χ1n) is 6.24. The molecule has 0 saturated carbocycles. The molecule has 17 heavy (non-hydrogen) atoms. The summed E-state index contributed by atoms with van der Waals surface area (Å²) in [5.74, 6) is 1.00. The van der Waals surface area contributed by atoms with Crippen LogP contribution in [0.25, 0.3) is 0 Å². The van der Waals surface area contributed by atoms with Crippen molar-refractivity contribution < 1.29 is 5.11 Å². The molecule has 0 aromatic carbocycles. The number of hydrogen-bond donors (Lipinski definition) is 1. The van der Waals surface area contributed by atoms with Gasteiger partial charge in [0, 0.05) is 18.8 Å². The molecule has 0 aliphatic carbocycles. The van der Waals surface area contributed by atoms with Crippen LogP contribution >= 0.6 is 0 Å². The number of aliphatic hydroxyl groups is 1. The van der Waals surface area contributed by atoms with Gasteiger partial charge in [0.1, 0.15) is 5.82 Å². The average Bonchev–Trinajstić information content (AvgIpc) is 2.38. The summed E-state index contributed by atoms with van der Waals surface area (Å²) < 4.78 is 0. The highest BCUT2D eigenvalue weighted by Crippen LogP contribution is 2.20. The summed E-state index contributed by atoms with van der Waals surface area (Å²) in [7, 11) is 0. The number of hydrogen-bond acceptors (Lipinski definition) is 3. The highest BCUT2D eigenvalue weighted by molar-refractivity contribution is 5.45. The van der Waals surface area contributed by atoms with Crippen LogP contribution in [0.5, 0.6) is 0 Å². The van der Waals surface area contributed by atoms with Crippen molar-refractivity contribution >= 4 is 5.82 Å². The Balaban J connectivity index is 2.28. The minimum atomic E-state index is 0.0885. The first-order chi connectivity index (χ1) is 8.22. The Morgan fingerprint density at radius 1 is 1.41 bits per heavy atom. The van der Waals surface area contributed by atoms with Crippen molar-refractivity contribution in [2.45, 2.75) is 33.3 Å². The highest BCUT2D eigenvalue weighted by atomic mass is 16.3. The normalized spacial score (nSPS) is 15.9. The lowest BCUT2D eigenvalue weighted by molar-refractivity contribution is 0.281. The van der Waals surface area contributed by atoms with Gasteiger partial charge >= 0.3 is 0 Å². The third kappa shape index (κ3) is 2.86. The van der Waals surface area contributed by atoms with E-state index in [1.165, 1.54) is 5.57 Å². The van der Waals surface area contributed by atoms with E-state index in [9.17, 15) is 5.11 Å². The monoisotopic (exact) mass is 232 g/mol. The van der Waals surface area contributed by atoms with Gasteiger partial charge in [0.2, 0.25) is 0 Å². The molecule has 1 N–H and O–H groups in total. The molecule has 1 aromatic rings. The fraction of sp³-hybridized carbons (Fsp3) is 0.500. The Morgan fingerprint density at radius 2 is 2.24 bits per heavy atom. The molecular formula is C14H20N2O. The van der Waals surface area contributed by atoms with Crippen LogP contribution in [0.3, 0.4) is 0 Å². The predicted octanol–water partition coefficient (Wildman–Crippen LogP) is 2.29. The number of aryl methyl sites for hydroxylation is 1. The second-order valence-corrected chi connectivity index (χ2v) is 4.60. The summed E-state index contributed by atoms with van der Waals surface area (Å²) >= 11 is 0. The van der Waals surface area contributed by atoms with E-state index in [0.29, 0.717) is 0 Å². The molecule has 0 saturated heterocycles. The minimum absolute atomic E-state index is 0.0885. The summed E-state index contributed by atoms with van der Waals surface area (Å²) in [6.45, 7) is 6.30. The van der Waals surface area contributed by atoms with Crippen LogP contribution in [0.1, 0.15) is 31.5 Å². The van der Waals surface area contributed by atoms with E-state index in [4.69, 9.17) is 0 Å². The third-order valence-electron chi connectivity index (χ3n) is 3.13. The SMILES string of the molecule is CCc1cc(CO)cc(N2CCC=C(C)C2)n1. The predicted molar refractivity (Wildman–Crippen MR) is 70.1 cm³/mol. The van der Waals surface area contributed by atoms with Gasteiger partial charge in [0.25, 0.3) is 0 Å². The van der Waals surface area contributed by atoms with Crippen molar-refractivity contribution in [3.05, 3.63) is 35.0 Å². The van der Waals surface area contributed by atoms with Gasteiger partial charge in [-0.05, 0) is 37.5 Å². The molecule has 92 valence electrons. The van der Waals surface area contributed by atoms with Gasteiger partial charge in [-0.25, -0.2) is 4.98 Å². The summed E-state index contributed by atoms with van der Waals surface area (Å²) in [5.41, 5.74) is 3.41. The van der Waals surface area contributed by atoms with Crippen molar-refractivity contribution in [2.24, 2.45) is 0 Å². The lowest BCUT2D eigenvalue weighted by Crippen LogP contribution is -2.30. The zero-order valence-corrected chi connectivity index (χ0v) is 10.6. The minimum Gasteiger partial charge on any atom is -0.392 e. The summed E-state index contributed by atoms with van der Waals surface area (Å²) in [6.07, 6.45) is 4.27. The molecular weight excluding hydrogens is 212 g/mol. The maximum atomic E-state index is 9.27. The van der Waals surface area contributed by atoms with Gasteiger partial charge in [0.15, 0.2) is 0 Å². The standard InChI is InChI=1S/C14H20N2O/c1-3-13-7-12(10-17)8-14(15-13)16-6-4-5-11(2)9-16/h5,7-8,17H,3-4,6,9-10H2,1-2H3. The Labute approximate surface area is 103 Å². The number of anilines is 1. The van der Waals surface area contributed by atoms with Gasteiger partial charge in [-0.1, -0.05) is 18.6 Å². The third-order valence-corrected chi connectivity index (χ3v) is 3.13. The second-order valence-electron chi connectivity index (χ2n) is 4.60. The molecule has 3 nitrogen and oxygen atoms in total. The number of aromatic nitrogens is 1. The molecule has 0 bridgehead atoms. The number of nitrogens with zero attached hydrogens (tertiary/aromatic N) is 2. The number of rotatable bonds is 3. The van der Waals surface area contributed by atoms with Crippen LogP contribution < -0.4 is 4.90 Å². The Morgan fingerprint density at radius 3 is 2.88 bits per heavy atom. The van der Waals surface area contributed by atoms with Crippen molar-refractivity contribution in [2.75, 3.05) is 18.0 Å². The Hall–Kier alpha value is -1.35. The van der Waals surface area contributed by atoms with Crippen LogP contribution in [0.15, 0.2) is 23.8 Å². The highest BCUT2D eigenvalue weighted by Gasteiger charge is 2.13. The van der Waals surface area contributed by atoms with E-state index in [1.54, 1.807) is 0 Å². The summed E-state index contributed by atoms with van der Waals surface area (Å²) in [6, 6.07) is 3.98. The molecule has 1 aliphatic rings. The van der Waals surface area contributed by atoms with Crippen molar-refractivity contribution in [1.82, 2.24) is 4.98 Å². The van der Waals surface area contributed by atoms with Crippen LogP contribution in [-0.4, -0.2) is 23.2 Å². The first kappa shape index (κ1) is 12.1. The topological polar surface area (TPSA) is 36.4 Å². The van der Waals surface area contributed by atoms with E-state index in [-0.39, 0.29) is 6.61 Å². The summed E-state index contributed by atoms with van der Waals surface area (Å²) in [5, 5.41) is 9.27. The molecule has 0 radical (unpaired) electrons. The molecule has 2 rings (SSSR count). The zero-order valence-electron chi connectivity index (χ0n) is 10.6. The Kier molecular flexibility index (Phi) is 3.79. The van der Waals surface area contributed by atoms with Gasteiger partial charge in [-0.3, -0.25) is 0 Å². The number of pyridine rings is 1. The van der Waals surface area contributed by atoms with E-state index in [1.807, 2.05) is 12.1 Å². The molecule has 0 fully saturated rings. The van der Waals surface area contributed by atoms with E-state index in [2.05, 4.69) is 29.8 Å². The van der Waals surface area contributed by atoms with Crippen LogP contribution in [-0.2, 0) is 13.0 Å². The maximum absolute atomic E-state index is 9.27. The smallest absolute Gasteiger partial charge is 0.129 e. The van der Waals surface area contributed by atoms with Crippen LogP contribution in [0.2, 0.25) is 0 Å². The van der Waals surface area contributed by atoms with E-state index >= 15 is 0 Å². The molecule has 3 heteroatoms. The number of aliphatic hydroxyl groups excluding tert-OH is 1. The molecule has 0 unspecified atom stereocenters. The molecule has 0 atom stereocenters. The van der Waals surface area contributed by atoms with E-state index < -0.39 is 0 Å². The fourth-order valence-corrected chi connectivity index (χ4v) is 2.17. The van der Waals surface area contributed by atoms with Gasteiger partial charge in [-0.15, -0.1) is 0 Å². The van der Waals surface area contributed by atoms with Gasteiger partial charge < -0.3 is 10.0 Å². The molecule has 2 heterocycles. The van der Waals surface area contributed by atoms with Crippen molar-refractivity contribution in [1.29, 1.82) is 0 Å². The van der Waals surface area contributed by atoms with E-state index in [0.717, 1.165) is 43.0 Å². The molecule has 0 amide bonds. The largest absolute Gasteiger partial charge is 0.392 e. The van der Waals surface area contributed by atoms with Crippen molar-refractivity contribution in [3.63, 3.8) is 0 Å². The van der Waals surface area contributed by atoms with Gasteiger partial charge in [0.05, 0.1) is 6.61 Å². The average molecular weight is 232 g/mol. The van der Waals surface area contributed by atoms with Crippen LogP contribution in [0.4, 0.5) is 5.82 Å². The maximum Gasteiger partial charge on any atom is 0.129 e. The summed E-state index contributed by atoms with van der Waals surface area (Å²) in [4.78, 5) is 6.93. The molecule has 1 aromatic heterocycles. The zero-order chi connectivity index (χ0) is 12.3. The van der Waals surface area contributed by atoms with Gasteiger partial charge in [-0.2, -0.15) is 0 Å². The molecule has 0 spiro atoms. The lowest BCUT2D eigenvalue weighted by atomic mass is 10.1. The fourth-order valence-electron chi connectivity index (χ4n) is 2.17. The Bertz CT molecular complexity index is 404. The quantitative estimate of drug-likeness (QED) is 0.812. The lowest BCUT2D eigenvalue weighted by Gasteiger charge is -2.28.